The van der Waals surface area contributed by atoms with E-state index in [9.17, 15) is 0 Å². The monoisotopic (exact) mass is 239 g/mol. The van der Waals surface area contributed by atoms with Crippen molar-refractivity contribution in [1.29, 1.82) is 0 Å². The Hall–Kier alpha value is -2.43. The highest BCUT2D eigenvalue weighted by molar-refractivity contribution is 5.86. The molecule has 1 aromatic carbocycles. The predicted octanol–water partition coefficient (Wildman–Crippen LogP) is 2.01. The van der Waals surface area contributed by atoms with Gasteiger partial charge in [0.15, 0.2) is 0 Å². The van der Waals surface area contributed by atoms with Crippen molar-refractivity contribution in [2.24, 2.45) is 0 Å². The van der Waals surface area contributed by atoms with Crippen LogP contribution in [0.5, 0.6) is 0 Å². The zero-order valence-corrected chi connectivity index (χ0v) is 10.3. The van der Waals surface area contributed by atoms with Gasteiger partial charge in [-0.25, -0.2) is 4.68 Å². The van der Waals surface area contributed by atoms with Crippen LogP contribution in [0.3, 0.4) is 0 Å². The second kappa shape index (κ2) is 3.80. The summed E-state index contributed by atoms with van der Waals surface area (Å²) < 4.78 is 1.82. The molecule has 0 fully saturated rings. The van der Waals surface area contributed by atoms with E-state index in [0.717, 1.165) is 33.7 Å². The van der Waals surface area contributed by atoms with Gasteiger partial charge in [-0.3, -0.25) is 0 Å². The molecule has 3 rings (SSSR count). The van der Waals surface area contributed by atoms with Crippen LogP contribution in [0.2, 0.25) is 0 Å². The lowest BCUT2D eigenvalue weighted by Gasteiger charge is -2.06. The molecule has 0 aliphatic rings. The second-order valence-electron chi connectivity index (χ2n) is 4.24. The average Bonchev–Trinajstić information content (AvgIpc) is 2.66. The first-order valence-corrected chi connectivity index (χ1v) is 5.71. The summed E-state index contributed by atoms with van der Waals surface area (Å²) in [5.74, 6) is 0. The first kappa shape index (κ1) is 10.7. The normalized spacial score (nSPS) is 11.0. The van der Waals surface area contributed by atoms with Gasteiger partial charge in [-0.05, 0) is 19.9 Å². The summed E-state index contributed by atoms with van der Waals surface area (Å²) in [6.07, 6.45) is 1.71. The third-order valence-corrected chi connectivity index (χ3v) is 3.10. The first-order chi connectivity index (χ1) is 8.68. The van der Waals surface area contributed by atoms with Crippen LogP contribution in [0.25, 0.3) is 16.6 Å². The quantitative estimate of drug-likeness (QED) is 0.705. The lowest BCUT2D eigenvalue weighted by atomic mass is 10.2. The van der Waals surface area contributed by atoms with Gasteiger partial charge in [-0.2, -0.15) is 15.3 Å². The molecule has 5 heteroatoms. The number of hydrogen-bond acceptors (Lipinski definition) is 4. The van der Waals surface area contributed by atoms with Crippen molar-refractivity contribution in [3.05, 3.63) is 41.9 Å². The third kappa shape index (κ3) is 1.44. The molecule has 0 saturated heterocycles. The number of anilines is 1. The van der Waals surface area contributed by atoms with E-state index < -0.39 is 0 Å². The second-order valence-corrected chi connectivity index (χ2v) is 4.24. The number of nitrogens with zero attached hydrogens (tertiary/aromatic N) is 4. The fraction of sp³-hybridized carbons (Fsp3) is 0.154. The zero-order valence-electron chi connectivity index (χ0n) is 10.3. The Bertz CT molecular complexity index is 724. The molecular weight excluding hydrogens is 226 g/mol. The van der Waals surface area contributed by atoms with E-state index in [-0.39, 0.29) is 0 Å². The van der Waals surface area contributed by atoms with Crippen LogP contribution in [-0.4, -0.2) is 20.0 Å². The van der Waals surface area contributed by atoms with E-state index in [1.165, 1.54) is 0 Å². The van der Waals surface area contributed by atoms with Crippen LogP contribution < -0.4 is 5.73 Å². The van der Waals surface area contributed by atoms with E-state index in [2.05, 4.69) is 15.3 Å². The van der Waals surface area contributed by atoms with Gasteiger partial charge in [0.05, 0.1) is 34.5 Å². The summed E-state index contributed by atoms with van der Waals surface area (Å²) in [5.41, 5.74) is 10.2. The molecule has 2 N–H and O–H groups in total. The van der Waals surface area contributed by atoms with E-state index in [4.69, 9.17) is 5.73 Å². The van der Waals surface area contributed by atoms with Crippen molar-refractivity contribution in [2.45, 2.75) is 13.8 Å². The van der Waals surface area contributed by atoms with Crippen LogP contribution in [0.15, 0.2) is 30.5 Å². The van der Waals surface area contributed by atoms with Gasteiger partial charge in [0.2, 0.25) is 0 Å². The molecule has 2 aromatic heterocycles. The molecule has 0 amide bonds. The van der Waals surface area contributed by atoms with Gasteiger partial charge in [0.1, 0.15) is 0 Å². The highest BCUT2D eigenvalue weighted by Crippen LogP contribution is 2.23. The van der Waals surface area contributed by atoms with Crippen molar-refractivity contribution in [2.75, 3.05) is 5.73 Å². The minimum absolute atomic E-state index is 0.718. The summed E-state index contributed by atoms with van der Waals surface area (Å²) >= 11 is 0. The van der Waals surface area contributed by atoms with Gasteiger partial charge < -0.3 is 5.73 Å². The maximum absolute atomic E-state index is 5.96. The Morgan fingerprint density at radius 2 is 1.94 bits per heavy atom. The molecule has 90 valence electrons. The Morgan fingerprint density at radius 3 is 2.67 bits per heavy atom. The maximum Gasteiger partial charge on any atom is 0.0951 e. The number of nitrogens with two attached hydrogens (primary N) is 1. The average molecular weight is 239 g/mol. The van der Waals surface area contributed by atoms with Gasteiger partial charge in [0.25, 0.3) is 0 Å². The molecular formula is C13H13N5. The topological polar surface area (TPSA) is 69.6 Å². The summed E-state index contributed by atoms with van der Waals surface area (Å²) in [6.45, 7) is 3.85. The molecule has 0 atom stereocenters. The third-order valence-electron chi connectivity index (χ3n) is 3.10. The molecule has 0 radical (unpaired) electrons. The van der Waals surface area contributed by atoms with Crippen LogP contribution >= 0.6 is 0 Å². The van der Waals surface area contributed by atoms with Gasteiger partial charge in [-0.15, -0.1) is 0 Å². The Balaban J connectivity index is 2.35. The zero-order chi connectivity index (χ0) is 12.7. The van der Waals surface area contributed by atoms with E-state index >= 15 is 0 Å². The fourth-order valence-corrected chi connectivity index (χ4v) is 2.05. The van der Waals surface area contributed by atoms with Gasteiger partial charge in [-0.1, -0.05) is 18.2 Å². The number of rotatable bonds is 1. The van der Waals surface area contributed by atoms with E-state index in [1.54, 1.807) is 6.20 Å². The number of benzene rings is 1. The van der Waals surface area contributed by atoms with Crippen molar-refractivity contribution in [1.82, 2.24) is 20.0 Å². The minimum atomic E-state index is 0.718. The van der Waals surface area contributed by atoms with Crippen LogP contribution in [0.1, 0.15) is 11.4 Å². The standard InChI is InChI=1S/C13H13N5/c1-8-13(14)9(2)18(17-8)12-7-15-16-11-6-4-3-5-10(11)12/h3-7H,14H2,1-2H3. The van der Waals surface area contributed by atoms with Crippen LogP contribution in [0.4, 0.5) is 5.69 Å². The van der Waals surface area contributed by atoms with Crippen LogP contribution in [0, 0.1) is 13.8 Å². The largest absolute Gasteiger partial charge is 0.396 e. The number of fused-ring (bicyclic) bond motifs is 1. The van der Waals surface area contributed by atoms with Crippen molar-refractivity contribution in [3.8, 4) is 5.69 Å². The Morgan fingerprint density at radius 1 is 1.17 bits per heavy atom. The summed E-state index contributed by atoms with van der Waals surface area (Å²) in [5, 5.41) is 13.6. The van der Waals surface area contributed by atoms with Crippen molar-refractivity contribution in [3.63, 3.8) is 0 Å². The highest BCUT2D eigenvalue weighted by Gasteiger charge is 2.12. The van der Waals surface area contributed by atoms with Crippen molar-refractivity contribution < 1.29 is 0 Å². The Labute approximate surface area is 104 Å². The van der Waals surface area contributed by atoms with E-state index in [1.807, 2.05) is 42.8 Å². The fourth-order valence-electron chi connectivity index (χ4n) is 2.05. The molecule has 0 spiro atoms. The molecule has 5 nitrogen and oxygen atoms in total. The molecule has 0 bridgehead atoms. The molecule has 0 saturated carbocycles. The summed E-state index contributed by atoms with van der Waals surface area (Å²) in [7, 11) is 0. The first-order valence-electron chi connectivity index (χ1n) is 5.71. The van der Waals surface area contributed by atoms with Crippen LogP contribution in [-0.2, 0) is 0 Å². The van der Waals surface area contributed by atoms with E-state index in [0.29, 0.717) is 0 Å². The minimum Gasteiger partial charge on any atom is -0.396 e. The Kier molecular flexibility index (Phi) is 2.26. The maximum atomic E-state index is 5.96. The predicted molar refractivity (Wildman–Crippen MR) is 70.5 cm³/mol. The molecule has 2 heterocycles. The lowest BCUT2D eigenvalue weighted by molar-refractivity contribution is 0.829. The van der Waals surface area contributed by atoms with Gasteiger partial charge in [0, 0.05) is 5.39 Å². The number of nitrogen functional groups attached to an aromatic ring is 1. The smallest absolute Gasteiger partial charge is 0.0951 e. The molecule has 0 aliphatic carbocycles. The number of aromatic nitrogens is 4. The highest BCUT2D eigenvalue weighted by atomic mass is 15.3. The van der Waals surface area contributed by atoms with Gasteiger partial charge >= 0.3 is 0 Å². The SMILES string of the molecule is Cc1nn(-c2cnnc3ccccc23)c(C)c1N. The molecule has 18 heavy (non-hydrogen) atoms. The lowest BCUT2D eigenvalue weighted by Crippen LogP contribution is -2.02. The number of aryl methyl sites for hydroxylation is 1. The molecule has 3 aromatic rings. The van der Waals surface area contributed by atoms with Crippen molar-refractivity contribution >= 4 is 16.6 Å². The molecule has 0 unspecified atom stereocenters. The summed E-state index contributed by atoms with van der Waals surface area (Å²) in [6, 6.07) is 7.85. The summed E-state index contributed by atoms with van der Waals surface area (Å²) in [4.78, 5) is 0. The molecule has 0 aliphatic heterocycles. The number of hydrogen-bond donors (Lipinski definition) is 1.